The molecule has 1 aromatic heterocycles. The maximum Gasteiger partial charge on any atom is 0.0496 e. The van der Waals surface area contributed by atoms with Gasteiger partial charge in [0, 0.05) is 21.6 Å². The van der Waals surface area contributed by atoms with Crippen LogP contribution in [0.15, 0.2) is 40.2 Å². The molecule has 1 nitrogen and oxygen atoms in total. The van der Waals surface area contributed by atoms with Gasteiger partial charge in [-0.15, -0.1) is 11.3 Å². The first-order valence-corrected chi connectivity index (χ1v) is 6.45. The summed E-state index contributed by atoms with van der Waals surface area (Å²) in [6, 6.07) is 10.4. The van der Waals surface area contributed by atoms with Crippen molar-refractivity contribution in [3.63, 3.8) is 0 Å². The minimum absolute atomic E-state index is 0.903. The van der Waals surface area contributed by atoms with Crippen molar-refractivity contribution in [3.05, 3.63) is 50.6 Å². The Balaban J connectivity index is 2.02. The number of nitrogens with one attached hydrogen (secondary N) is 1. The molecule has 15 heavy (non-hydrogen) atoms. The van der Waals surface area contributed by atoms with Crippen LogP contribution >= 0.6 is 27.3 Å². The van der Waals surface area contributed by atoms with E-state index in [1.54, 1.807) is 11.3 Å². The van der Waals surface area contributed by atoms with Crippen molar-refractivity contribution in [2.24, 2.45) is 0 Å². The summed E-state index contributed by atoms with van der Waals surface area (Å²) in [4.78, 5) is 1.40. The van der Waals surface area contributed by atoms with Crippen molar-refractivity contribution in [2.75, 3.05) is 5.32 Å². The van der Waals surface area contributed by atoms with Gasteiger partial charge in [0.1, 0.15) is 0 Å². The second kappa shape index (κ2) is 4.81. The van der Waals surface area contributed by atoms with Crippen LogP contribution in [0.25, 0.3) is 0 Å². The van der Waals surface area contributed by atoms with Gasteiger partial charge in [0.15, 0.2) is 0 Å². The zero-order valence-electron chi connectivity index (χ0n) is 8.46. The summed E-state index contributed by atoms with van der Waals surface area (Å²) in [7, 11) is 0. The SMILES string of the molecule is Cc1ccsc1CNc1cccc(Br)c1. The first-order chi connectivity index (χ1) is 7.25. The maximum absolute atomic E-state index is 3.46. The van der Waals surface area contributed by atoms with Gasteiger partial charge >= 0.3 is 0 Å². The van der Waals surface area contributed by atoms with E-state index in [1.807, 2.05) is 12.1 Å². The van der Waals surface area contributed by atoms with E-state index in [4.69, 9.17) is 0 Å². The average molecular weight is 282 g/mol. The Morgan fingerprint density at radius 2 is 2.20 bits per heavy atom. The highest BCUT2D eigenvalue weighted by molar-refractivity contribution is 9.10. The number of aryl methyl sites for hydroxylation is 1. The van der Waals surface area contributed by atoms with Crippen molar-refractivity contribution < 1.29 is 0 Å². The first kappa shape index (κ1) is 10.7. The fourth-order valence-electron chi connectivity index (χ4n) is 1.37. The van der Waals surface area contributed by atoms with Crippen LogP contribution in [0.1, 0.15) is 10.4 Å². The lowest BCUT2D eigenvalue weighted by molar-refractivity contribution is 1.17. The van der Waals surface area contributed by atoms with Crippen LogP contribution in [0.2, 0.25) is 0 Å². The monoisotopic (exact) mass is 281 g/mol. The van der Waals surface area contributed by atoms with Crippen molar-refractivity contribution in [1.29, 1.82) is 0 Å². The molecule has 0 saturated carbocycles. The molecule has 0 fully saturated rings. The molecule has 2 aromatic rings. The lowest BCUT2D eigenvalue weighted by Gasteiger charge is -2.05. The molecule has 0 radical (unpaired) electrons. The maximum atomic E-state index is 3.46. The number of benzene rings is 1. The van der Waals surface area contributed by atoms with Crippen molar-refractivity contribution >= 4 is 33.0 Å². The van der Waals surface area contributed by atoms with Crippen LogP contribution in [0, 0.1) is 6.92 Å². The van der Waals surface area contributed by atoms with Crippen LogP contribution in [0.4, 0.5) is 5.69 Å². The molecule has 3 heteroatoms. The van der Waals surface area contributed by atoms with Gasteiger partial charge in [0.2, 0.25) is 0 Å². The normalized spacial score (nSPS) is 10.3. The smallest absolute Gasteiger partial charge is 0.0496 e. The summed E-state index contributed by atoms with van der Waals surface area (Å²) in [5.41, 5.74) is 2.51. The Hall–Kier alpha value is -0.800. The molecule has 0 atom stereocenters. The third-order valence-electron chi connectivity index (χ3n) is 2.25. The Kier molecular flexibility index (Phi) is 3.44. The van der Waals surface area contributed by atoms with E-state index < -0.39 is 0 Å². The minimum Gasteiger partial charge on any atom is -0.380 e. The summed E-state index contributed by atoms with van der Waals surface area (Å²) in [6.07, 6.45) is 0. The highest BCUT2D eigenvalue weighted by Gasteiger charge is 1.99. The largest absolute Gasteiger partial charge is 0.380 e. The molecule has 0 aliphatic rings. The van der Waals surface area contributed by atoms with E-state index in [2.05, 4.69) is 51.7 Å². The van der Waals surface area contributed by atoms with Gasteiger partial charge in [-0.1, -0.05) is 22.0 Å². The van der Waals surface area contributed by atoms with Gasteiger partial charge in [-0.05, 0) is 42.1 Å². The van der Waals surface area contributed by atoms with Crippen LogP contribution in [0.3, 0.4) is 0 Å². The molecule has 0 spiro atoms. The van der Waals surface area contributed by atoms with Crippen LogP contribution < -0.4 is 5.32 Å². The van der Waals surface area contributed by atoms with Gasteiger partial charge in [-0.2, -0.15) is 0 Å². The van der Waals surface area contributed by atoms with Gasteiger partial charge in [0.25, 0.3) is 0 Å². The third-order valence-corrected chi connectivity index (χ3v) is 3.76. The Morgan fingerprint density at radius 1 is 1.33 bits per heavy atom. The van der Waals surface area contributed by atoms with E-state index in [-0.39, 0.29) is 0 Å². The zero-order valence-corrected chi connectivity index (χ0v) is 10.9. The topological polar surface area (TPSA) is 12.0 Å². The van der Waals surface area contributed by atoms with E-state index in [9.17, 15) is 0 Å². The van der Waals surface area contributed by atoms with Crippen LogP contribution in [0.5, 0.6) is 0 Å². The molecule has 0 bridgehead atoms. The summed E-state index contributed by atoms with van der Waals surface area (Å²) in [5.74, 6) is 0. The lowest BCUT2D eigenvalue weighted by atomic mass is 10.3. The zero-order chi connectivity index (χ0) is 10.7. The molecule has 78 valence electrons. The van der Waals surface area contributed by atoms with E-state index >= 15 is 0 Å². The van der Waals surface area contributed by atoms with Gasteiger partial charge in [-0.25, -0.2) is 0 Å². The van der Waals surface area contributed by atoms with Gasteiger partial charge in [-0.3, -0.25) is 0 Å². The first-order valence-electron chi connectivity index (χ1n) is 4.78. The van der Waals surface area contributed by atoms with Crippen molar-refractivity contribution in [2.45, 2.75) is 13.5 Å². The Bertz CT molecular complexity index is 450. The average Bonchev–Trinajstić information content (AvgIpc) is 2.61. The summed E-state index contributed by atoms with van der Waals surface area (Å²) in [5, 5.41) is 5.54. The molecule has 0 amide bonds. The van der Waals surface area contributed by atoms with Crippen LogP contribution in [-0.2, 0) is 6.54 Å². The molecule has 1 N–H and O–H groups in total. The molecule has 0 aliphatic heterocycles. The fourth-order valence-corrected chi connectivity index (χ4v) is 2.61. The number of anilines is 1. The Labute approximate surface area is 102 Å². The molecule has 0 unspecified atom stereocenters. The summed E-state index contributed by atoms with van der Waals surface area (Å²) >= 11 is 5.26. The molecule has 2 rings (SSSR count). The second-order valence-electron chi connectivity index (χ2n) is 3.39. The van der Waals surface area contributed by atoms with Crippen LogP contribution in [-0.4, -0.2) is 0 Å². The van der Waals surface area contributed by atoms with E-state index in [0.717, 1.165) is 16.7 Å². The minimum atomic E-state index is 0.903. The standard InChI is InChI=1S/C12H12BrNS/c1-9-5-6-15-12(9)8-14-11-4-2-3-10(13)7-11/h2-7,14H,8H2,1H3. The molecule has 1 heterocycles. The number of thiophene rings is 1. The molecule has 0 saturated heterocycles. The number of hydrogen-bond donors (Lipinski definition) is 1. The fraction of sp³-hybridized carbons (Fsp3) is 0.167. The predicted molar refractivity (Wildman–Crippen MR) is 70.5 cm³/mol. The number of hydrogen-bond acceptors (Lipinski definition) is 2. The summed E-state index contributed by atoms with van der Waals surface area (Å²) < 4.78 is 1.11. The van der Waals surface area contributed by atoms with Crippen molar-refractivity contribution in [1.82, 2.24) is 0 Å². The number of rotatable bonds is 3. The molecular formula is C12H12BrNS. The summed E-state index contributed by atoms with van der Waals surface area (Å²) in [6.45, 7) is 3.05. The highest BCUT2D eigenvalue weighted by atomic mass is 79.9. The van der Waals surface area contributed by atoms with Crippen molar-refractivity contribution in [3.8, 4) is 0 Å². The third kappa shape index (κ3) is 2.83. The lowest BCUT2D eigenvalue weighted by Crippen LogP contribution is -1.98. The number of halogens is 1. The van der Waals surface area contributed by atoms with E-state index in [1.165, 1.54) is 10.4 Å². The van der Waals surface area contributed by atoms with E-state index in [0.29, 0.717) is 0 Å². The van der Waals surface area contributed by atoms with Gasteiger partial charge < -0.3 is 5.32 Å². The predicted octanol–water partition coefficient (Wildman–Crippen LogP) is 4.43. The quantitative estimate of drug-likeness (QED) is 0.878. The molecule has 0 aliphatic carbocycles. The Morgan fingerprint density at radius 3 is 2.87 bits per heavy atom. The second-order valence-corrected chi connectivity index (χ2v) is 5.31. The molecular weight excluding hydrogens is 270 g/mol. The van der Waals surface area contributed by atoms with Gasteiger partial charge in [0.05, 0.1) is 0 Å². The molecule has 1 aromatic carbocycles. The highest BCUT2D eigenvalue weighted by Crippen LogP contribution is 2.19.